The fourth-order valence-electron chi connectivity index (χ4n) is 3.85. The Kier molecular flexibility index (Phi) is 2.76. The van der Waals surface area contributed by atoms with Gasteiger partial charge in [0, 0.05) is 13.1 Å². The molecular formula is C22H17N. The van der Waals surface area contributed by atoms with Crippen LogP contribution in [0.5, 0.6) is 0 Å². The Morgan fingerprint density at radius 1 is 0.522 bits per heavy atom. The molecule has 1 aliphatic heterocycles. The monoisotopic (exact) mass is 295 g/mol. The van der Waals surface area contributed by atoms with Crippen molar-refractivity contribution in [3.05, 3.63) is 83.9 Å². The third kappa shape index (κ3) is 1.90. The predicted octanol–water partition coefficient (Wildman–Crippen LogP) is 5.26. The van der Waals surface area contributed by atoms with Gasteiger partial charge >= 0.3 is 0 Å². The fourth-order valence-corrected chi connectivity index (χ4v) is 3.85. The van der Waals surface area contributed by atoms with Gasteiger partial charge in [0.15, 0.2) is 0 Å². The van der Waals surface area contributed by atoms with E-state index in [2.05, 4.69) is 78.1 Å². The van der Waals surface area contributed by atoms with Gasteiger partial charge in [0.05, 0.1) is 0 Å². The molecule has 110 valence electrons. The normalized spacial score (nSPS) is 13.6. The van der Waals surface area contributed by atoms with Crippen molar-refractivity contribution < 1.29 is 0 Å². The molecular weight excluding hydrogens is 278 g/mol. The van der Waals surface area contributed by atoms with E-state index in [1.165, 1.54) is 43.8 Å². The third-order valence-corrected chi connectivity index (χ3v) is 4.91. The van der Waals surface area contributed by atoms with E-state index in [1.807, 2.05) is 0 Å². The molecule has 23 heavy (non-hydrogen) atoms. The van der Waals surface area contributed by atoms with E-state index in [1.54, 1.807) is 0 Å². The maximum absolute atomic E-state index is 3.59. The summed E-state index contributed by atoms with van der Waals surface area (Å²) in [4.78, 5) is 0. The van der Waals surface area contributed by atoms with Crippen molar-refractivity contribution in [2.45, 2.75) is 13.1 Å². The summed E-state index contributed by atoms with van der Waals surface area (Å²) in [7, 11) is 0. The largest absolute Gasteiger partial charge is 0.309 e. The maximum atomic E-state index is 3.59. The van der Waals surface area contributed by atoms with Crippen molar-refractivity contribution in [2.24, 2.45) is 0 Å². The predicted molar refractivity (Wildman–Crippen MR) is 97.4 cm³/mol. The quantitative estimate of drug-likeness (QED) is 0.466. The van der Waals surface area contributed by atoms with Gasteiger partial charge in [0.1, 0.15) is 0 Å². The highest BCUT2D eigenvalue weighted by Gasteiger charge is 2.18. The van der Waals surface area contributed by atoms with E-state index in [4.69, 9.17) is 0 Å². The van der Waals surface area contributed by atoms with Crippen LogP contribution in [0.15, 0.2) is 72.8 Å². The van der Waals surface area contributed by atoms with Gasteiger partial charge in [-0.2, -0.15) is 0 Å². The molecule has 1 heterocycles. The highest BCUT2D eigenvalue weighted by Crippen LogP contribution is 2.40. The van der Waals surface area contributed by atoms with Gasteiger partial charge in [-0.05, 0) is 43.8 Å². The molecule has 0 aliphatic carbocycles. The first-order chi connectivity index (χ1) is 11.4. The number of hydrogen-bond donors (Lipinski definition) is 1. The average Bonchev–Trinajstić information content (AvgIpc) is 2.81. The Bertz CT molecular complexity index is 961. The zero-order valence-corrected chi connectivity index (χ0v) is 12.8. The molecule has 1 N–H and O–H groups in total. The first-order valence-corrected chi connectivity index (χ1v) is 8.14. The molecule has 0 radical (unpaired) electrons. The minimum Gasteiger partial charge on any atom is -0.309 e. The fraction of sp³-hybridized carbons (Fsp3) is 0.0909. The number of nitrogens with one attached hydrogen (secondary N) is 1. The van der Waals surface area contributed by atoms with Crippen LogP contribution in [0.25, 0.3) is 32.7 Å². The van der Waals surface area contributed by atoms with Crippen molar-refractivity contribution in [3.63, 3.8) is 0 Å². The van der Waals surface area contributed by atoms with Crippen LogP contribution in [-0.4, -0.2) is 0 Å². The van der Waals surface area contributed by atoms with Crippen LogP contribution in [0.1, 0.15) is 11.1 Å². The number of fused-ring (bicyclic) bond motifs is 7. The molecule has 0 atom stereocenters. The summed E-state index contributed by atoms with van der Waals surface area (Å²) in [5, 5.41) is 8.92. The SMILES string of the molecule is c1ccc2c3c(ccc2c1)CNCc1ccc2ccccc2c1-3. The first kappa shape index (κ1) is 12.9. The van der Waals surface area contributed by atoms with Gasteiger partial charge in [-0.3, -0.25) is 0 Å². The van der Waals surface area contributed by atoms with Gasteiger partial charge in [-0.25, -0.2) is 0 Å². The Morgan fingerprint density at radius 2 is 1.00 bits per heavy atom. The van der Waals surface area contributed by atoms with Crippen LogP contribution in [0.3, 0.4) is 0 Å². The molecule has 1 heteroatoms. The molecule has 0 saturated carbocycles. The molecule has 5 rings (SSSR count). The topological polar surface area (TPSA) is 12.0 Å². The molecule has 1 aliphatic rings. The van der Waals surface area contributed by atoms with Crippen LogP contribution >= 0.6 is 0 Å². The lowest BCUT2D eigenvalue weighted by Crippen LogP contribution is -2.10. The molecule has 0 unspecified atom stereocenters. The molecule has 0 aromatic heterocycles. The second-order valence-corrected chi connectivity index (χ2v) is 6.25. The third-order valence-electron chi connectivity index (χ3n) is 4.91. The maximum Gasteiger partial charge on any atom is 0.0215 e. The van der Waals surface area contributed by atoms with E-state index in [0.29, 0.717) is 0 Å². The first-order valence-electron chi connectivity index (χ1n) is 8.14. The smallest absolute Gasteiger partial charge is 0.0215 e. The lowest BCUT2D eigenvalue weighted by atomic mass is 9.88. The average molecular weight is 295 g/mol. The highest BCUT2D eigenvalue weighted by atomic mass is 14.9. The number of rotatable bonds is 0. The van der Waals surface area contributed by atoms with E-state index in [9.17, 15) is 0 Å². The summed E-state index contributed by atoms with van der Waals surface area (Å²) in [6, 6.07) is 26.5. The second kappa shape index (κ2) is 4.94. The lowest BCUT2D eigenvalue weighted by molar-refractivity contribution is 0.704. The Balaban J connectivity index is 2.01. The molecule has 0 bridgehead atoms. The minimum atomic E-state index is 0.920. The molecule has 0 fully saturated rings. The molecule has 4 aromatic rings. The Hall–Kier alpha value is -2.64. The van der Waals surface area contributed by atoms with E-state index >= 15 is 0 Å². The van der Waals surface area contributed by atoms with Crippen molar-refractivity contribution in [1.29, 1.82) is 0 Å². The van der Waals surface area contributed by atoms with Gasteiger partial charge < -0.3 is 5.32 Å². The zero-order chi connectivity index (χ0) is 15.2. The van der Waals surface area contributed by atoms with Crippen molar-refractivity contribution in [2.75, 3.05) is 0 Å². The molecule has 1 nitrogen and oxygen atoms in total. The molecule has 0 saturated heterocycles. The molecule has 4 aromatic carbocycles. The summed E-state index contributed by atoms with van der Waals surface area (Å²) >= 11 is 0. The van der Waals surface area contributed by atoms with Gasteiger partial charge in [0.2, 0.25) is 0 Å². The minimum absolute atomic E-state index is 0.920. The van der Waals surface area contributed by atoms with E-state index in [0.717, 1.165) is 13.1 Å². The zero-order valence-electron chi connectivity index (χ0n) is 12.8. The summed E-state index contributed by atoms with van der Waals surface area (Å²) in [6.45, 7) is 1.84. The standard InChI is InChI=1S/C22H17N/c1-3-7-19-15(5-1)9-11-17-13-23-14-18-12-10-16-6-2-4-8-20(16)22(18)21(17)19/h1-12,23H,13-14H2. The second-order valence-electron chi connectivity index (χ2n) is 6.25. The number of hydrogen-bond acceptors (Lipinski definition) is 1. The van der Waals surface area contributed by atoms with Crippen LogP contribution < -0.4 is 5.32 Å². The summed E-state index contributed by atoms with van der Waals surface area (Å²) in [6.07, 6.45) is 0. The van der Waals surface area contributed by atoms with Crippen molar-refractivity contribution in [1.82, 2.24) is 5.32 Å². The Morgan fingerprint density at radius 3 is 1.52 bits per heavy atom. The van der Waals surface area contributed by atoms with Gasteiger partial charge in [0.25, 0.3) is 0 Å². The van der Waals surface area contributed by atoms with Crippen LogP contribution in [0.4, 0.5) is 0 Å². The van der Waals surface area contributed by atoms with Crippen LogP contribution in [0, 0.1) is 0 Å². The van der Waals surface area contributed by atoms with Crippen LogP contribution in [0.2, 0.25) is 0 Å². The molecule has 0 spiro atoms. The van der Waals surface area contributed by atoms with E-state index < -0.39 is 0 Å². The van der Waals surface area contributed by atoms with Crippen LogP contribution in [-0.2, 0) is 13.1 Å². The summed E-state index contributed by atoms with van der Waals surface area (Å²) in [5.41, 5.74) is 5.58. The Labute approximate surface area is 135 Å². The van der Waals surface area contributed by atoms with Gasteiger partial charge in [-0.1, -0.05) is 72.8 Å². The number of benzene rings is 4. The lowest BCUT2D eigenvalue weighted by Gasteiger charge is -2.15. The highest BCUT2D eigenvalue weighted by molar-refractivity contribution is 6.07. The van der Waals surface area contributed by atoms with Crippen molar-refractivity contribution in [3.8, 4) is 11.1 Å². The summed E-state index contributed by atoms with van der Waals surface area (Å²) < 4.78 is 0. The van der Waals surface area contributed by atoms with Gasteiger partial charge in [-0.15, -0.1) is 0 Å². The van der Waals surface area contributed by atoms with E-state index in [-0.39, 0.29) is 0 Å². The summed E-state index contributed by atoms with van der Waals surface area (Å²) in [5.74, 6) is 0. The molecule has 0 amide bonds. The van der Waals surface area contributed by atoms with Crippen molar-refractivity contribution >= 4 is 21.5 Å².